The Morgan fingerprint density at radius 2 is 1.68 bits per heavy atom. The average molecular weight is 517 g/mol. The molecule has 0 saturated heterocycles. The van der Waals surface area contributed by atoms with Gasteiger partial charge in [-0.15, -0.1) is 11.8 Å². The third-order valence-electron chi connectivity index (χ3n) is 4.79. The standard InChI is InChI=1S/C24H30ClF3N2OS.C2H6/c1-2-3-4-5-6-7-14-31-23-13-12-20(15-21(23)24(26,27)28)30-17-32-16-22(29)18-8-10-19(25)11-9-18;1-2/h8-13,15-16,30H,2-7,14,17,29H2,1H3;1-2H3/b22-16-;. The van der Waals surface area contributed by atoms with Crippen LogP contribution in [0.1, 0.15) is 70.4 Å². The minimum Gasteiger partial charge on any atom is -0.493 e. The van der Waals surface area contributed by atoms with Gasteiger partial charge in [0.1, 0.15) is 5.75 Å². The van der Waals surface area contributed by atoms with Crippen molar-refractivity contribution in [3.8, 4) is 5.75 Å². The summed E-state index contributed by atoms with van der Waals surface area (Å²) in [5.41, 5.74) is 7.01. The van der Waals surface area contributed by atoms with Crippen molar-refractivity contribution in [2.24, 2.45) is 5.73 Å². The first-order valence-corrected chi connectivity index (χ1v) is 13.1. The Labute approximate surface area is 211 Å². The van der Waals surface area contributed by atoms with Gasteiger partial charge >= 0.3 is 6.18 Å². The van der Waals surface area contributed by atoms with Crippen molar-refractivity contribution in [3.05, 3.63) is 64.0 Å². The first-order valence-electron chi connectivity index (χ1n) is 11.7. The molecule has 3 nitrogen and oxygen atoms in total. The van der Waals surface area contributed by atoms with E-state index in [-0.39, 0.29) is 12.4 Å². The van der Waals surface area contributed by atoms with Gasteiger partial charge < -0.3 is 15.8 Å². The van der Waals surface area contributed by atoms with Gasteiger partial charge in [0.2, 0.25) is 0 Å². The van der Waals surface area contributed by atoms with Crippen molar-refractivity contribution in [1.29, 1.82) is 0 Å². The van der Waals surface area contributed by atoms with E-state index in [2.05, 4.69) is 12.2 Å². The van der Waals surface area contributed by atoms with E-state index in [1.165, 1.54) is 24.2 Å². The lowest BCUT2D eigenvalue weighted by molar-refractivity contribution is -0.138. The molecular weight excluding hydrogens is 481 g/mol. The smallest absolute Gasteiger partial charge is 0.420 e. The lowest BCUT2D eigenvalue weighted by Gasteiger charge is -2.16. The van der Waals surface area contributed by atoms with Crippen LogP contribution in [0.5, 0.6) is 5.75 Å². The maximum atomic E-state index is 13.5. The van der Waals surface area contributed by atoms with E-state index in [0.29, 0.717) is 22.3 Å². The van der Waals surface area contributed by atoms with Gasteiger partial charge in [-0.25, -0.2) is 0 Å². The molecule has 0 amide bonds. The summed E-state index contributed by atoms with van der Waals surface area (Å²) in [7, 11) is 0. The van der Waals surface area contributed by atoms with E-state index < -0.39 is 11.7 Å². The molecule has 2 aromatic rings. The summed E-state index contributed by atoms with van der Waals surface area (Å²) in [6.07, 6.45) is 1.82. The predicted octanol–water partition coefficient (Wildman–Crippen LogP) is 9.18. The Kier molecular flexibility index (Phi) is 14.7. The highest BCUT2D eigenvalue weighted by Gasteiger charge is 2.34. The number of rotatable bonds is 13. The molecular formula is C26H36ClF3N2OS. The second-order valence-electron chi connectivity index (χ2n) is 7.39. The zero-order valence-corrected chi connectivity index (χ0v) is 21.8. The number of unbranched alkanes of at least 4 members (excludes halogenated alkanes) is 5. The monoisotopic (exact) mass is 516 g/mol. The quantitative estimate of drug-likeness (QED) is 0.206. The van der Waals surface area contributed by atoms with Crippen LogP contribution in [0, 0.1) is 0 Å². The first kappa shape index (κ1) is 30.0. The van der Waals surface area contributed by atoms with Crippen LogP contribution in [0.25, 0.3) is 5.70 Å². The molecule has 0 unspecified atom stereocenters. The van der Waals surface area contributed by atoms with Crippen LogP contribution in [-0.2, 0) is 6.18 Å². The van der Waals surface area contributed by atoms with E-state index >= 15 is 0 Å². The highest BCUT2D eigenvalue weighted by molar-refractivity contribution is 8.02. The summed E-state index contributed by atoms with van der Waals surface area (Å²) in [4.78, 5) is 0. The van der Waals surface area contributed by atoms with E-state index in [1.54, 1.807) is 23.6 Å². The van der Waals surface area contributed by atoms with Crippen LogP contribution >= 0.6 is 23.4 Å². The lowest BCUT2D eigenvalue weighted by Crippen LogP contribution is -2.10. The number of nitrogens with two attached hydrogens (primary N) is 1. The van der Waals surface area contributed by atoms with Crippen molar-refractivity contribution in [3.63, 3.8) is 0 Å². The Hall–Kier alpha value is -1.99. The Balaban J connectivity index is 0.00000281. The molecule has 190 valence electrons. The van der Waals surface area contributed by atoms with E-state index in [1.807, 2.05) is 26.0 Å². The van der Waals surface area contributed by atoms with Crippen molar-refractivity contribution < 1.29 is 17.9 Å². The van der Waals surface area contributed by atoms with Gasteiger partial charge in [-0.05, 0) is 47.7 Å². The molecule has 0 atom stereocenters. The number of anilines is 1. The van der Waals surface area contributed by atoms with Crippen molar-refractivity contribution in [1.82, 2.24) is 0 Å². The lowest BCUT2D eigenvalue weighted by atomic mass is 10.1. The molecule has 0 aliphatic carbocycles. The maximum absolute atomic E-state index is 13.5. The summed E-state index contributed by atoms with van der Waals surface area (Å²) >= 11 is 7.21. The van der Waals surface area contributed by atoms with Gasteiger partial charge in [-0.2, -0.15) is 13.2 Å². The average Bonchev–Trinajstić information content (AvgIpc) is 2.82. The topological polar surface area (TPSA) is 47.3 Å². The fraction of sp³-hybridized carbons (Fsp3) is 0.462. The molecule has 0 bridgehead atoms. The number of thioether (sulfide) groups is 1. The largest absolute Gasteiger partial charge is 0.493 e. The van der Waals surface area contributed by atoms with Gasteiger partial charge in [-0.1, -0.05) is 76.6 Å². The van der Waals surface area contributed by atoms with Crippen LogP contribution in [0.15, 0.2) is 47.9 Å². The Morgan fingerprint density at radius 3 is 2.32 bits per heavy atom. The normalized spacial score (nSPS) is 11.6. The van der Waals surface area contributed by atoms with Crippen molar-refractivity contribution in [2.75, 3.05) is 17.8 Å². The van der Waals surface area contributed by atoms with Gasteiger partial charge in [0.05, 0.1) is 18.0 Å². The third-order valence-corrected chi connectivity index (χ3v) is 5.77. The number of halogens is 4. The van der Waals surface area contributed by atoms with E-state index in [9.17, 15) is 13.2 Å². The number of benzene rings is 2. The van der Waals surface area contributed by atoms with Gasteiger partial charge in [0, 0.05) is 16.4 Å². The summed E-state index contributed by atoms with van der Waals surface area (Å²) < 4.78 is 46.0. The predicted molar refractivity (Wildman–Crippen MR) is 141 cm³/mol. The minimum absolute atomic E-state index is 0.129. The summed E-state index contributed by atoms with van der Waals surface area (Å²) in [5, 5.41) is 5.35. The molecule has 0 spiro atoms. The molecule has 3 N–H and O–H groups in total. The molecule has 8 heteroatoms. The second-order valence-corrected chi connectivity index (χ2v) is 8.69. The van der Waals surface area contributed by atoms with Crippen LogP contribution in [-0.4, -0.2) is 12.5 Å². The minimum atomic E-state index is -4.49. The molecule has 0 heterocycles. The third kappa shape index (κ3) is 11.4. The van der Waals surface area contributed by atoms with Gasteiger partial charge in [-0.3, -0.25) is 0 Å². The molecule has 0 fully saturated rings. The van der Waals surface area contributed by atoms with Crippen LogP contribution in [0.3, 0.4) is 0 Å². The van der Waals surface area contributed by atoms with Crippen LogP contribution in [0.4, 0.5) is 18.9 Å². The highest BCUT2D eigenvalue weighted by Crippen LogP contribution is 2.38. The van der Waals surface area contributed by atoms with Crippen molar-refractivity contribution in [2.45, 2.75) is 65.5 Å². The highest BCUT2D eigenvalue weighted by atomic mass is 35.5. The van der Waals surface area contributed by atoms with Crippen molar-refractivity contribution >= 4 is 34.7 Å². The first-order chi connectivity index (χ1) is 16.3. The number of alkyl halides is 3. The molecule has 0 saturated carbocycles. The summed E-state index contributed by atoms with van der Waals surface area (Å²) in [5.74, 6) is 0.236. The van der Waals surface area contributed by atoms with Crippen LogP contribution in [0.2, 0.25) is 5.02 Å². The molecule has 0 aliphatic heterocycles. The second kappa shape index (κ2) is 16.6. The zero-order valence-electron chi connectivity index (χ0n) is 20.2. The van der Waals surface area contributed by atoms with E-state index in [0.717, 1.165) is 43.7 Å². The number of hydrogen-bond acceptors (Lipinski definition) is 4. The SMILES string of the molecule is CC.CCCCCCCCOc1ccc(NCS/C=C(\N)c2ccc(Cl)cc2)cc1C(F)(F)F. The molecule has 0 aliphatic rings. The Bertz CT molecular complexity index is 858. The number of nitrogens with one attached hydrogen (secondary N) is 1. The zero-order chi connectivity index (χ0) is 25.4. The maximum Gasteiger partial charge on any atom is 0.420 e. The number of ether oxygens (including phenoxy) is 1. The molecule has 2 rings (SSSR count). The van der Waals surface area contributed by atoms with Crippen LogP contribution < -0.4 is 15.8 Å². The number of hydrogen-bond donors (Lipinski definition) is 2. The molecule has 2 aromatic carbocycles. The van der Waals surface area contributed by atoms with Gasteiger partial charge in [0.15, 0.2) is 0 Å². The fourth-order valence-corrected chi connectivity index (χ4v) is 3.79. The summed E-state index contributed by atoms with van der Waals surface area (Å²) in [6.45, 7) is 6.43. The van der Waals surface area contributed by atoms with Gasteiger partial charge in [0.25, 0.3) is 0 Å². The van der Waals surface area contributed by atoms with E-state index in [4.69, 9.17) is 22.1 Å². The fourth-order valence-electron chi connectivity index (χ4n) is 3.02. The molecule has 0 aromatic heterocycles. The molecule has 0 radical (unpaired) electrons. The Morgan fingerprint density at radius 1 is 1.03 bits per heavy atom. The molecule has 34 heavy (non-hydrogen) atoms. The summed E-state index contributed by atoms with van der Waals surface area (Å²) in [6, 6.07) is 11.2.